The van der Waals surface area contributed by atoms with E-state index in [-0.39, 0.29) is 5.88 Å². The lowest BCUT2D eigenvalue weighted by molar-refractivity contribution is -0.141. The normalized spacial score (nSPS) is 11.8. The van der Waals surface area contributed by atoms with Crippen molar-refractivity contribution in [2.45, 2.75) is 12.5 Å². The first-order valence-electron chi connectivity index (χ1n) is 8.85. The molecule has 2 N–H and O–H groups in total. The van der Waals surface area contributed by atoms with E-state index >= 15 is 0 Å². The second-order valence-corrected chi connectivity index (χ2v) is 7.99. The zero-order valence-electron chi connectivity index (χ0n) is 15.7. The first-order valence-corrected chi connectivity index (χ1v) is 11.1. The summed E-state index contributed by atoms with van der Waals surface area (Å²) in [5, 5.41) is 8.55. The standard InChI is InChI=1S/C20H21N3O4S2/c1-27-19(24)17(11-15-9-5-6-10-16(15)21-13-29(25)26)22-20-23-18(12-28-20)14-7-3-2-4-8-14/h2-10,12,17,21,29H,11,13H2,1H3,(H,22,23). The fourth-order valence-corrected chi connectivity index (χ4v) is 3.88. The Kier molecular flexibility index (Phi) is 7.20. The van der Waals surface area contributed by atoms with Crippen LogP contribution in [0, 0.1) is 0 Å². The van der Waals surface area contributed by atoms with Crippen LogP contribution in [0.25, 0.3) is 11.3 Å². The van der Waals surface area contributed by atoms with Crippen molar-refractivity contribution in [2.75, 3.05) is 23.6 Å². The highest BCUT2D eigenvalue weighted by molar-refractivity contribution is 7.72. The second-order valence-electron chi connectivity index (χ2n) is 6.15. The number of benzene rings is 2. The van der Waals surface area contributed by atoms with Crippen LogP contribution in [0.2, 0.25) is 0 Å². The number of anilines is 2. The number of aromatic nitrogens is 1. The van der Waals surface area contributed by atoms with E-state index in [4.69, 9.17) is 4.74 Å². The molecule has 2 aromatic carbocycles. The van der Waals surface area contributed by atoms with Crippen LogP contribution >= 0.6 is 11.3 Å². The molecule has 1 unspecified atom stereocenters. The Labute approximate surface area is 174 Å². The van der Waals surface area contributed by atoms with Gasteiger partial charge in [0.05, 0.1) is 12.8 Å². The SMILES string of the molecule is COC(=O)C(Cc1ccccc1NC[SH](=O)=O)Nc1nc(-c2ccccc2)cs1. The van der Waals surface area contributed by atoms with Gasteiger partial charge < -0.3 is 15.4 Å². The molecule has 0 aliphatic rings. The van der Waals surface area contributed by atoms with Crippen LogP contribution in [0.4, 0.5) is 10.8 Å². The zero-order valence-corrected chi connectivity index (χ0v) is 17.4. The third-order valence-corrected chi connectivity index (χ3v) is 5.39. The van der Waals surface area contributed by atoms with Gasteiger partial charge in [0.2, 0.25) is 0 Å². The molecule has 7 nitrogen and oxygen atoms in total. The lowest BCUT2D eigenvalue weighted by Crippen LogP contribution is -2.33. The summed E-state index contributed by atoms with van der Waals surface area (Å²) in [6, 6.07) is 16.4. The highest BCUT2D eigenvalue weighted by Gasteiger charge is 2.22. The molecule has 3 aromatic rings. The maximum atomic E-state index is 12.3. The molecule has 0 saturated heterocycles. The fraction of sp³-hybridized carbons (Fsp3) is 0.200. The Bertz CT molecular complexity index is 1030. The number of hydrogen-bond acceptors (Lipinski definition) is 8. The molecular formula is C20H21N3O4S2. The molecule has 9 heteroatoms. The minimum absolute atomic E-state index is 0.171. The van der Waals surface area contributed by atoms with Gasteiger partial charge in [-0.2, -0.15) is 0 Å². The third kappa shape index (κ3) is 5.78. The van der Waals surface area contributed by atoms with E-state index in [0.29, 0.717) is 17.2 Å². The van der Waals surface area contributed by atoms with Crippen LogP contribution in [0.3, 0.4) is 0 Å². The maximum Gasteiger partial charge on any atom is 0.328 e. The summed E-state index contributed by atoms with van der Waals surface area (Å²) in [7, 11) is -1.22. The van der Waals surface area contributed by atoms with Gasteiger partial charge in [-0.05, 0) is 11.6 Å². The number of esters is 1. The molecular weight excluding hydrogens is 410 g/mol. The lowest BCUT2D eigenvalue weighted by Gasteiger charge is -2.18. The van der Waals surface area contributed by atoms with Gasteiger partial charge in [0, 0.05) is 23.1 Å². The minimum Gasteiger partial charge on any atom is -0.467 e. The van der Waals surface area contributed by atoms with E-state index in [1.807, 2.05) is 47.8 Å². The van der Waals surface area contributed by atoms with Crippen LogP contribution < -0.4 is 10.6 Å². The highest BCUT2D eigenvalue weighted by Crippen LogP contribution is 2.26. The van der Waals surface area contributed by atoms with Crippen molar-refractivity contribution in [1.29, 1.82) is 0 Å². The average Bonchev–Trinajstić information content (AvgIpc) is 3.21. The number of ether oxygens (including phenoxy) is 1. The van der Waals surface area contributed by atoms with E-state index in [1.54, 1.807) is 12.1 Å². The average molecular weight is 432 g/mol. The summed E-state index contributed by atoms with van der Waals surface area (Å²) >= 11 is 1.40. The molecule has 29 heavy (non-hydrogen) atoms. The molecule has 3 rings (SSSR count). The van der Waals surface area contributed by atoms with Crippen LogP contribution in [-0.2, 0) is 26.7 Å². The highest BCUT2D eigenvalue weighted by atomic mass is 32.2. The van der Waals surface area contributed by atoms with Crippen molar-refractivity contribution in [3.8, 4) is 11.3 Å². The monoisotopic (exact) mass is 431 g/mol. The quantitative estimate of drug-likeness (QED) is 0.354. The Morgan fingerprint density at radius 3 is 2.59 bits per heavy atom. The summed E-state index contributed by atoms with van der Waals surface area (Å²) in [4.78, 5) is 16.9. The number of rotatable bonds is 9. The molecule has 0 amide bonds. The number of thiazole rings is 1. The van der Waals surface area contributed by atoms with Gasteiger partial charge in [0.25, 0.3) is 0 Å². The number of carbonyl (C=O) groups is 1. The number of nitrogens with zero attached hydrogens (tertiary/aromatic N) is 1. The van der Waals surface area contributed by atoms with Gasteiger partial charge in [0.15, 0.2) is 15.8 Å². The second kappa shape index (κ2) is 10.0. The maximum absolute atomic E-state index is 12.3. The Balaban J connectivity index is 1.78. The molecule has 0 saturated carbocycles. The smallest absolute Gasteiger partial charge is 0.328 e. The van der Waals surface area contributed by atoms with Gasteiger partial charge in [-0.25, -0.2) is 18.2 Å². The number of nitrogens with one attached hydrogen (secondary N) is 2. The number of methoxy groups -OCH3 is 1. The van der Waals surface area contributed by atoms with E-state index in [2.05, 4.69) is 15.6 Å². The first-order chi connectivity index (χ1) is 14.1. The Morgan fingerprint density at radius 2 is 1.86 bits per heavy atom. The van der Waals surface area contributed by atoms with Crippen molar-refractivity contribution >= 4 is 38.8 Å². The third-order valence-electron chi connectivity index (χ3n) is 4.20. The van der Waals surface area contributed by atoms with Crippen molar-refractivity contribution < 1.29 is 17.9 Å². The lowest BCUT2D eigenvalue weighted by atomic mass is 10.0. The van der Waals surface area contributed by atoms with Gasteiger partial charge >= 0.3 is 5.97 Å². The number of carbonyl (C=O) groups excluding carboxylic acids is 1. The van der Waals surface area contributed by atoms with Crippen molar-refractivity contribution in [3.63, 3.8) is 0 Å². The number of hydrogen-bond donors (Lipinski definition) is 3. The minimum atomic E-state index is -2.56. The summed E-state index contributed by atoms with van der Waals surface area (Å²) in [6.45, 7) is 0. The molecule has 1 aromatic heterocycles. The number of thiol groups is 1. The van der Waals surface area contributed by atoms with Gasteiger partial charge in [0.1, 0.15) is 11.9 Å². The van der Waals surface area contributed by atoms with Crippen LogP contribution in [0.1, 0.15) is 5.56 Å². The Hall–Kier alpha value is -2.91. The van der Waals surface area contributed by atoms with Crippen LogP contribution in [0.15, 0.2) is 60.0 Å². The van der Waals surface area contributed by atoms with Gasteiger partial charge in [-0.3, -0.25) is 0 Å². The fourth-order valence-electron chi connectivity index (χ4n) is 2.81. The topological polar surface area (TPSA) is 97.4 Å². The predicted molar refractivity (Wildman–Crippen MR) is 116 cm³/mol. The molecule has 0 fully saturated rings. The van der Waals surface area contributed by atoms with Crippen LogP contribution in [0.5, 0.6) is 0 Å². The summed E-state index contributed by atoms with van der Waals surface area (Å²) in [6.07, 6.45) is 0.311. The Morgan fingerprint density at radius 1 is 1.14 bits per heavy atom. The molecule has 0 aliphatic carbocycles. The summed E-state index contributed by atoms with van der Waals surface area (Å²) in [5.41, 5.74) is 3.27. The van der Waals surface area contributed by atoms with Crippen molar-refractivity contribution in [1.82, 2.24) is 4.98 Å². The van der Waals surface area contributed by atoms with Gasteiger partial charge in [-0.1, -0.05) is 48.5 Å². The molecule has 1 heterocycles. The van der Waals surface area contributed by atoms with Crippen LogP contribution in [-0.4, -0.2) is 38.4 Å². The molecule has 152 valence electrons. The largest absolute Gasteiger partial charge is 0.467 e. The summed E-state index contributed by atoms with van der Waals surface area (Å²) < 4.78 is 26.7. The molecule has 1 atom stereocenters. The van der Waals surface area contributed by atoms with E-state index in [0.717, 1.165) is 16.8 Å². The molecule has 0 aliphatic heterocycles. The van der Waals surface area contributed by atoms with Gasteiger partial charge in [-0.15, -0.1) is 11.3 Å². The molecule has 0 radical (unpaired) electrons. The molecule has 0 bridgehead atoms. The van der Waals surface area contributed by atoms with E-state index in [9.17, 15) is 13.2 Å². The van der Waals surface area contributed by atoms with Crippen molar-refractivity contribution in [2.24, 2.45) is 0 Å². The van der Waals surface area contributed by atoms with E-state index in [1.165, 1.54) is 18.4 Å². The number of para-hydroxylation sites is 1. The predicted octanol–water partition coefficient (Wildman–Crippen LogP) is 2.99. The summed E-state index contributed by atoms with van der Waals surface area (Å²) in [5.74, 6) is -0.596. The zero-order chi connectivity index (χ0) is 20.6. The van der Waals surface area contributed by atoms with Crippen molar-refractivity contribution in [3.05, 3.63) is 65.5 Å². The first kappa shape index (κ1) is 20.8. The molecule has 0 spiro atoms. The van der Waals surface area contributed by atoms with E-state index < -0.39 is 22.7 Å².